The Morgan fingerprint density at radius 1 is 1.75 bits per heavy atom. The van der Waals surface area contributed by atoms with Crippen LogP contribution in [0, 0.1) is 0 Å². The molecule has 0 spiro atoms. The zero-order chi connectivity index (χ0) is 6.41. The lowest BCUT2D eigenvalue weighted by Crippen LogP contribution is -2.01. The molecule has 8 heavy (non-hydrogen) atoms. The van der Waals surface area contributed by atoms with Gasteiger partial charge in [-0.25, -0.2) is 0 Å². The first-order chi connectivity index (χ1) is 3.81. The first-order valence-electron chi connectivity index (χ1n) is 3.43. The van der Waals surface area contributed by atoms with Crippen molar-refractivity contribution in [1.29, 1.82) is 0 Å². The second-order valence-electron chi connectivity index (χ2n) is 2.36. The summed E-state index contributed by atoms with van der Waals surface area (Å²) in [5, 5.41) is 0. The topological polar surface area (TPSA) is 0 Å². The van der Waals surface area contributed by atoms with Crippen LogP contribution in [0.4, 0.5) is 0 Å². The lowest BCUT2D eigenvalue weighted by atomic mass is 10.9. The molecule has 0 aliphatic rings. The largest absolute Gasteiger partial charge is 0.107 e. The van der Waals surface area contributed by atoms with Crippen LogP contribution in [0.3, 0.4) is 0 Å². The number of rotatable bonds is 4. The van der Waals surface area contributed by atoms with Crippen molar-refractivity contribution >= 4 is 18.3 Å². The van der Waals surface area contributed by atoms with Gasteiger partial charge in [-0.05, 0) is 0 Å². The van der Waals surface area contributed by atoms with Gasteiger partial charge in [0.15, 0.2) is 0 Å². The monoisotopic (exact) mass is 144 g/mol. The smallest absolute Gasteiger partial charge is 0.0574 e. The first kappa shape index (κ1) is 8.17. The predicted molar refractivity (Wildman–Crippen MR) is 47.2 cm³/mol. The Labute approximate surface area is 56.4 Å². The molecule has 0 bridgehead atoms. The molecule has 0 aromatic heterocycles. The highest BCUT2D eigenvalue weighted by atomic mass is 28.3. The molecule has 0 amide bonds. The van der Waals surface area contributed by atoms with E-state index in [-0.39, 0.29) is 0 Å². The maximum atomic E-state index is 3.79. The average molecular weight is 144 g/mol. The van der Waals surface area contributed by atoms with Crippen LogP contribution in [0.2, 0.25) is 25.2 Å². The van der Waals surface area contributed by atoms with Gasteiger partial charge in [0.25, 0.3) is 0 Å². The maximum Gasteiger partial charge on any atom is 0.0574 e. The molecule has 0 heterocycles. The molecule has 0 nitrogen and oxygen atoms in total. The molecule has 0 N–H and O–H groups in total. The summed E-state index contributed by atoms with van der Waals surface area (Å²) in [6.07, 6.45) is 0. The fraction of sp³-hybridized carbons (Fsp3) is 0.667. The van der Waals surface area contributed by atoms with Crippen molar-refractivity contribution in [2.24, 2.45) is 0 Å². The van der Waals surface area contributed by atoms with Crippen LogP contribution in [-0.2, 0) is 0 Å². The van der Waals surface area contributed by atoms with Crippen molar-refractivity contribution in [3.63, 3.8) is 0 Å². The van der Waals surface area contributed by atoms with E-state index < -0.39 is 8.80 Å². The highest BCUT2D eigenvalue weighted by Gasteiger charge is 1.94. The summed E-state index contributed by atoms with van der Waals surface area (Å²) >= 11 is 0. The second-order valence-corrected chi connectivity index (χ2v) is 7.07. The third kappa shape index (κ3) is 4.34. The van der Waals surface area contributed by atoms with Crippen LogP contribution in [0.5, 0.6) is 0 Å². The minimum Gasteiger partial charge on any atom is -0.107 e. The Bertz CT molecular complexity index is 61.5. The molecule has 2 heteroatoms. The SMILES string of the molecule is C=C[SiH](C)CC[SiH2]C. The average Bonchev–Trinajstić information content (AvgIpc) is 1.83. The summed E-state index contributed by atoms with van der Waals surface area (Å²) < 4.78 is 0. The van der Waals surface area contributed by atoms with Crippen molar-refractivity contribution in [2.75, 3.05) is 0 Å². The first-order valence-corrected chi connectivity index (χ1v) is 8.49. The van der Waals surface area contributed by atoms with E-state index in [1.165, 1.54) is 6.04 Å². The van der Waals surface area contributed by atoms with Crippen LogP contribution in [0.15, 0.2) is 12.3 Å². The van der Waals surface area contributed by atoms with Crippen LogP contribution in [-0.4, -0.2) is 18.3 Å². The molecule has 0 rings (SSSR count). The molecule has 0 aromatic carbocycles. The Morgan fingerprint density at radius 2 is 2.38 bits per heavy atom. The van der Waals surface area contributed by atoms with Crippen LogP contribution in [0.1, 0.15) is 0 Å². The predicted octanol–water partition coefficient (Wildman–Crippen LogP) is 1.20. The third-order valence-electron chi connectivity index (χ3n) is 1.42. The maximum absolute atomic E-state index is 3.79. The highest BCUT2D eigenvalue weighted by molar-refractivity contribution is 6.63. The van der Waals surface area contributed by atoms with Crippen molar-refractivity contribution in [1.82, 2.24) is 0 Å². The Balaban J connectivity index is 2.98. The fourth-order valence-electron chi connectivity index (χ4n) is 0.644. The lowest BCUT2D eigenvalue weighted by Gasteiger charge is -1.98. The number of hydrogen-bond acceptors (Lipinski definition) is 0. The Morgan fingerprint density at radius 3 is 2.75 bits per heavy atom. The van der Waals surface area contributed by atoms with Gasteiger partial charge in [0.2, 0.25) is 0 Å². The highest BCUT2D eigenvalue weighted by Crippen LogP contribution is 1.96. The molecule has 0 aromatic rings. The molecule has 0 aliphatic heterocycles. The quantitative estimate of drug-likeness (QED) is 0.520. The molecule has 1 atom stereocenters. The second kappa shape index (κ2) is 5.31. The zero-order valence-corrected chi connectivity index (χ0v) is 8.55. The van der Waals surface area contributed by atoms with Gasteiger partial charge >= 0.3 is 0 Å². The van der Waals surface area contributed by atoms with E-state index >= 15 is 0 Å². The molecular weight excluding hydrogens is 128 g/mol. The van der Waals surface area contributed by atoms with E-state index in [2.05, 4.69) is 25.4 Å². The standard InChI is InChI=1S/C6H16Si2/c1-4-8(3)6-5-7-2/h4,8H,1,5-7H2,2-3H3. The van der Waals surface area contributed by atoms with Crippen molar-refractivity contribution in [3.8, 4) is 0 Å². The Kier molecular flexibility index (Phi) is 5.43. The summed E-state index contributed by atoms with van der Waals surface area (Å²) in [6.45, 7) is 8.54. The van der Waals surface area contributed by atoms with Gasteiger partial charge < -0.3 is 0 Å². The van der Waals surface area contributed by atoms with E-state index in [0.29, 0.717) is 9.52 Å². The third-order valence-corrected chi connectivity index (χ3v) is 5.47. The van der Waals surface area contributed by atoms with Crippen molar-refractivity contribution in [2.45, 2.75) is 25.2 Å². The minimum atomic E-state index is -0.400. The van der Waals surface area contributed by atoms with E-state index in [1.807, 2.05) is 0 Å². The minimum absolute atomic E-state index is 0.349. The fourth-order valence-corrected chi connectivity index (χ4v) is 5.09. The molecule has 0 fully saturated rings. The van der Waals surface area contributed by atoms with Crippen LogP contribution in [0.25, 0.3) is 0 Å². The van der Waals surface area contributed by atoms with Gasteiger partial charge in [0, 0.05) is 9.52 Å². The zero-order valence-electron chi connectivity index (χ0n) is 5.98. The van der Waals surface area contributed by atoms with Crippen LogP contribution >= 0.6 is 0 Å². The molecular formula is C6H16Si2. The molecule has 0 radical (unpaired) electrons. The van der Waals surface area contributed by atoms with Crippen molar-refractivity contribution < 1.29 is 0 Å². The van der Waals surface area contributed by atoms with Gasteiger partial charge in [-0.15, -0.1) is 12.3 Å². The molecule has 1 unspecified atom stereocenters. The van der Waals surface area contributed by atoms with E-state index in [0.717, 1.165) is 0 Å². The lowest BCUT2D eigenvalue weighted by molar-refractivity contribution is 1.39. The van der Waals surface area contributed by atoms with Gasteiger partial charge in [-0.3, -0.25) is 0 Å². The molecule has 0 aliphatic carbocycles. The van der Waals surface area contributed by atoms with Crippen LogP contribution < -0.4 is 0 Å². The molecule has 48 valence electrons. The van der Waals surface area contributed by atoms with Gasteiger partial charge in [0.05, 0.1) is 8.80 Å². The van der Waals surface area contributed by atoms with E-state index in [1.54, 1.807) is 6.04 Å². The van der Waals surface area contributed by atoms with Gasteiger partial charge in [-0.2, -0.15) is 0 Å². The normalized spacial score (nSPS) is 14.8. The summed E-state index contributed by atoms with van der Waals surface area (Å²) in [5.74, 6) is 0. The van der Waals surface area contributed by atoms with E-state index in [4.69, 9.17) is 0 Å². The van der Waals surface area contributed by atoms with Gasteiger partial charge in [0.1, 0.15) is 0 Å². The van der Waals surface area contributed by atoms with E-state index in [9.17, 15) is 0 Å². The molecule has 0 saturated carbocycles. The van der Waals surface area contributed by atoms with Crippen molar-refractivity contribution in [3.05, 3.63) is 12.3 Å². The summed E-state index contributed by atoms with van der Waals surface area (Å²) in [4.78, 5) is 0. The Hall–Kier alpha value is 0.174. The van der Waals surface area contributed by atoms with Gasteiger partial charge in [-0.1, -0.05) is 25.2 Å². The summed E-state index contributed by atoms with van der Waals surface area (Å²) in [7, 11) is -0.0515. The number of hydrogen-bond donors (Lipinski definition) is 0. The summed E-state index contributed by atoms with van der Waals surface area (Å²) in [6, 6.07) is 3.05. The summed E-state index contributed by atoms with van der Waals surface area (Å²) in [5.41, 5.74) is 2.18. The molecule has 0 saturated heterocycles.